The van der Waals surface area contributed by atoms with E-state index in [-0.39, 0.29) is 29.0 Å². The van der Waals surface area contributed by atoms with Crippen molar-refractivity contribution in [2.45, 2.75) is 41.0 Å². The Labute approximate surface area is 118 Å². The number of hydrogen-bond acceptors (Lipinski definition) is 4. The van der Waals surface area contributed by atoms with Gasteiger partial charge in [0.25, 0.3) is 5.56 Å². The van der Waals surface area contributed by atoms with Gasteiger partial charge in [-0.1, -0.05) is 27.7 Å². The third-order valence-electron chi connectivity index (χ3n) is 2.94. The number of nitrogens with one attached hydrogen (secondary N) is 2. The monoisotopic (exact) mass is 278 g/mol. The van der Waals surface area contributed by atoms with Crippen molar-refractivity contribution in [1.82, 2.24) is 9.97 Å². The molecule has 0 saturated carbocycles. The quantitative estimate of drug-likeness (QED) is 0.811. The molecule has 1 heterocycles. The first kappa shape index (κ1) is 16.1. The van der Waals surface area contributed by atoms with Crippen molar-refractivity contribution in [2.75, 3.05) is 5.32 Å². The molecule has 0 aliphatic carbocycles. The summed E-state index contributed by atoms with van der Waals surface area (Å²) >= 11 is 0. The van der Waals surface area contributed by atoms with E-state index in [1.807, 2.05) is 6.92 Å². The number of aryl methyl sites for hydroxylation is 1. The lowest BCUT2D eigenvalue weighted by atomic mass is 10.1. The summed E-state index contributed by atoms with van der Waals surface area (Å²) in [5.74, 6) is 0.0925. The van der Waals surface area contributed by atoms with E-state index in [1.54, 1.807) is 27.0 Å². The molecule has 1 unspecified atom stereocenters. The van der Waals surface area contributed by atoms with Gasteiger partial charge in [-0.3, -0.25) is 24.9 Å². The van der Waals surface area contributed by atoms with Crippen molar-refractivity contribution in [2.24, 2.45) is 16.8 Å². The van der Waals surface area contributed by atoms with Crippen molar-refractivity contribution >= 4 is 23.8 Å². The van der Waals surface area contributed by atoms with Crippen molar-refractivity contribution in [3.8, 4) is 0 Å². The SMILES string of the molecule is CCC(C)/C=N\c1c(C)nc(NC(=O)C(C)C)[nH]c1=O. The lowest BCUT2D eigenvalue weighted by molar-refractivity contribution is -0.118. The lowest BCUT2D eigenvalue weighted by Gasteiger charge is -2.08. The van der Waals surface area contributed by atoms with Gasteiger partial charge in [-0.05, 0) is 19.3 Å². The molecule has 1 aromatic heterocycles. The molecular weight excluding hydrogens is 256 g/mol. The fourth-order valence-corrected chi connectivity index (χ4v) is 1.36. The number of nitrogens with zero attached hydrogens (tertiary/aromatic N) is 2. The molecule has 0 fully saturated rings. The van der Waals surface area contributed by atoms with E-state index >= 15 is 0 Å². The number of aliphatic imine (C=N–C) groups is 1. The summed E-state index contributed by atoms with van der Waals surface area (Å²) in [6.07, 6.45) is 2.70. The van der Waals surface area contributed by atoms with E-state index in [1.165, 1.54) is 0 Å². The van der Waals surface area contributed by atoms with Crippen LogP contribution in [0.3, 0.4) is 0 Å². The molecule has 1 atom stereocenters. The number of carbonyl (C=O) groups is 1. The fourth-order valence-electron chi connectivity index (χ4n) is 1.36. The van der Waals surface area contributed by atoms with Gasteiger partial charge in [0.2, 0.25) is 11.9 Å². The molecule has 1 rings (SSSR count). The van der Waals surface area contributed by atoms with Gasteiger partial charge in [0.05, 0.1) is 5.69 Å². The summed E-state index contributed by atoms with van der Waals surface area (Å²) in [4.78, 5) is 34.4. The highest BCUT2D eigenvalue weighted by Crippen LogP contribution is 2.12. The first-order valence-electron chi connectivity index (χ1n) is 6.81. The minimum Gasteiger partial charge on any atom is -0.296 e. The van der Waals surface area contributed by atoms with Gasteiger partial charge in [-0.25, -0.2) is 4.98 Å². The highest BCUT2D eigenvalue weighted by atomic mass is 16.2. The molecule has 0 aliphatic rings. The normalized spacial score (nSPS) is 12.9. The summed E-state index contributed by atoms with van der Waals surface area (Å²) in [5, 5.41) is 2.57. The van der Waals surface area contributed by atoms with E-state index in [4.69, 9.17) is 0 Å². The summed E-state index contributed by atoms with van der Waals surface area (Å²) < 4.78 is 0. The van der Waals surface area contributed by atoms with Gasteiger partial charge in [0.15, 0.2) is 0 Å². The summed E-state index contributed by atoms with van der Waals surface area (Å²) in [5.41, 5.74) is 0.427. The van der Waals surface area contributed by atoms with Crippen LogP contribution in [0.4, 0.5) is 11.6 Å². The molecule has 2 N–H and O–H groups in total. The average Bonchev–Trinajstić information content (AvgIpc) is 2.37. The Morgan fingerprint density at radius 3 is 2.60 bits per heavy atom. The van der Waals surface area contributed by atoms with E-state index in [0.717, 1.165) is 6.42 Å². The lowest BCUT2D eigenvalue weighted by Crippen LogP contribution is -2.22. The van der Waals surface area contributed by atoms with Gasteiger partial charge >= 0.3 is 0 Å². The minimum absolute atomic E-state index is 0.161. The van der Waals surface area contributed by atoms with Crippen molar-refractivity contribution in [3.05, 3.63) is 16.0 Å². The molecule has 0 radical (unpaired) electrons. The maximum absolute atomic E-state index is 12.0. The summed E-state index contributed by atoms with van der Waals surface area (Å²) in [6.45, 7) is 9.31. The molecule has 20 heavy (non-hydrogen) atoms. The maximum Gasteiger partial charge on any atom is 0.278 e. The Morgan fingerprint density at radius 2 is 2.10 bits per heavy atom. The zero-order valence-electron chi connectivity index (χ0n) is 12.7. The van der Waals surface area contributed by atoms with E-state index in [9.17, 15) is 9.59 Å². The second kappa shape index (κ2) is 6.98. The van der Waals surface area contributed by atoms with Crippen molar-refractivity contribution < 1.29 is 4.79 Å². The second-order valence-corrected chi connectivity index (χ2v) is 5.16. The minimum atomic E-state index is -0.351. The molecule has 6 heteroatoms. The molecule has 1 aromatic rings. The van der Waals surface area contributed by atoms with Gasteiger partial charge in [0, 0.05) is 12.1 Å². The first-order chi connectivity index (χ1) is 9.35. The Hall–Kier alpha value is -1.98. The van der Waals surface area contributed by atoms with E-state index in [0.29, 0.717) is 11.6 Å². The first-order valence-corrected chi connectivity index (χ1v) is 6.81. The van der Waals surface area contributed by atoms with Crippen LogP contribution in [0.5, 0.6) is 0 Å². The zero-order valence-corrected chi connectivity index (χ0v) is 12.7. The molecule has 0 saturated heterocycles. The van der Waals surface area contributed by atoms with Gasteiger partial charge in [-0.15, -0.1) is 0 Å². The Bertz CT molecular complexity index is 561. The Kier molecular flexibility index (Phi) is 5.61. The number of hydrogen-bond donors (Lipinski definition) is 2. The van der Waals surface area contributed by atoms with E-state index in [2.05, 4.69) is 27.2 Å². The molecule has 6 nitrogen and oxygen atoms in total. The number of aromatic amines is 1. The number of rotatable bonds is 5. The van der Waals surface area contributed by atoms with Gasteiger partial charge < -0.3 is 0 Å². The summed E-state index contributed by atoms with van der Waals surface area (Å²) in [6, 6.07) is 0. The largest absolute Gasteiger partial charge is 0.296 e. The molecule has 0 bridgehead atoms. The van der Waals surface area contributed by atoms with Crippen LogP contribution in [-0.2, 0) is 4.79 Å². The average molecular weight is 278 g/mol. The predicted octanol–water partition coefficient (Wildman–Crippen LogP) is 2.42. The third-order valence-corrected chi connectivity index (χ3v) is 2.94. The molecular formula is C14H22N4O2. The van der Waals surface area contributed by atoms with Crippen LogP contribution in [0.25, 0.3) is 0 Å². The van der Waals surface area contributed by atoms with Crippen LogP contribution in [0.1, 0.15) is 39.8 Å². The molecule has 1 amide bonds. The maximum atomic E-state index is 12.0. The van der Waals surface area contributed by atoms with Crippen LogP contribution >= 0.6 is 0 Å². The van der Waals surface area contributed by atoms with Gasteiger partial charge in [0.1, 0.15) is 5.69 Å². The third kappa shape index (κ3) is 4.29. The Balaban J connectivity index is 3.01. The molecule has 0 spiro atoms. The number of H-pyrrole nitrogens is 1. The molecule has 0 aliphatic heterocycles. The molecule has 0 aromatic carbocycles. The smallest absolute Gasteiger partial charge is 0.278 e. The van der Waals surface area contributed by atoms with Crippen LogP contribution in [0.15, 0.2) is 9.79 Å². The number of carbonyl (C=O) groups excluding carboxylic acids is 1. The zero-order chi connectivity index (χ0) is 15.3. The number of amides is 1. The van der Waals surface area contributed by atoms with Crippen LogP contribution in [-0.4, -0.2) is 22.1 Å². The van der Waals surface area contributed by atoms with Crippen LogP contribution < -0.4 is 10.9 Å². The highest BCUT2D eigenvalue weighted by molar-refractivity contribution is 5.90. The second-order valence-electron chi connectivity index (χ2n) is 5.16. The number of anilines is 1. The van der Waals surface area contributed by atoms with Crippen LogP contribution in [0, 0.1) is 18.8 Å². The van der Waals surface area contributed by atoms with Crippen molar-refractivity contribution in [1.29, 1.82) is 0 Å². The van der Waals surface area contributed by atoms with Gasteiger partial charge in [-0.2, -0.15) is 0 Å². The van der Waals surface area contributed by atoms with Crippen LogP contribution in [0.2, 0.25) is 0 Å². The predicted molar refractivity (Wildman–Crippen MR) is 80.7 cm³/mol. The summed E-state index contributed by atoms with van der Waals surface area (Å²) in [7, 11) is 0. The number of aromatic nitrogens is 2. The highest BCUT2D eigenvalue weighted by Gasteiger charge is 2.11. The Morgan fingerprint density at radius 1 is 1.45 bits per heavy atom. The standard InChI is InChI=1S/C14H22N4O2/c1-6-9(4)7-15-11-10(5)16-14(18-13(11)20)17-12(19)8(2)3/h7-9H,6H2,1-5H3,(H2,16,17,18,19,20)/b15-7-. The van der Waals surface area contributed by atoms with E-state index < -0.39 is 0 Å². The fraction of sp³-hybridized carbons (Fsp3) is 0.571. The van der Waals surface area contributed by atoms with Crippen molar-refractivity contribution in [3.63, 3.8) is 0 Å². The topological polar surface area (TPSA) is 87.2 Å². The molecule has 110 valence electrons.